The van der Waals surface area contributed by atoms with Gasteiger partial charge in [-0.2, -0.15) is 0 Å². The first-order valence-corrected chi connectivity index (χ1v) is 5.72. The number of benzene rings is 1. The van der Waals surface area contributed by atoms with Crippen LogP contribution in [0, 0.1) is 0 Å². The third-order valence-corrected chi connectivity index (χ3v) is 2.69. The van der Waals surface area contributed by atoms with Crippen LogP contribution in [0.2, 0.25) is 0 Å². The van der Waals surface area contributed by atoms with Crippen molar-refractivity contribution in [3.05, 3.63) is 35.4 Å². The smallest absolute Gasteiger partial charge is 0.0476 e. The predicted molar refractivity (Wildman–Crippen MR) is 58.1 cm³/mol. The van der Waals surface area contributed by atoms with Gasteiger partial charge in [-0.1, -0.05) is 40.2 Å². The quantitative estimate of drug-likeness (QED) is 0.711. The number of aryl methyl sites for hydroxylation is 1. The molecular weight excluding hydrogens is 235 g/mol. The first-order chi connectivity index (χ1) is 5.88. The van der Waals surface area contributed by atoms with Crippen molar-refractivity contribution in [2.75, 3.05) is 5.33 Å². The van der Waals surface area contributed by atoms with Gasteiger partial charge in [-0.05, 0) is 24.0 Å². The Bertz CT molecular complexity index is 235. The zero-order valence-electron chi connectivity index (χ0n) is 6.89. The zero-order valence-corrected chi connectivity index (χ0v) is 9.24. The van der Waals surface area contributed by atoms with E-state index in [0.717, 1.165) is 11.8 Å². The van der Waals surface area contributed by atoms with Gasteiger partial charge in [0.2, 0.25) is 0 Å². The predicted octanol–water partition coefficient (Wildman–Crippen LogP) is 3.75. The number of hydrogen-bond acceptors (Lipinski definition) is 0. The second kappa shape index (κ2) is 5.60. The molecule has 0 radical (unpaired) electrons. The summed E-state index contributed by atoms with van der Waals surface area (Å²) in [7, 11) is 0. The molecule has 0 saturated heterocycles. The maximum absolute atomic E-state index is 5.80. The molecule has 0 bridgehead atoms. The molecule has 12 heavy (non-hydrogen) atoms. The van der Waals surface area contributed by atoms with Crippen molar-refractivity contribution >= 4 is 27.5 Å². The Morgan fingerprint density at radius 2 is 1.83 bits per heavy atom. The van der Waals surface area contributed by atoms with Crippen molar-refractivity contribution in [3.8, 4) is 0 Å². The van der Waals surface area contributed by atoms with Gasteiger partial charge in [-0.25, -0.2) is 0 Å². The number of rotatable bonds is 4. The molecule has 1 aromatic carbocycles. The Morgan fingerprint density at radius 1 is 1.17 bits per heavy atom. The van der Waals surface area contributed by atoms with Gasteiger partial charge >= 0.3 is 0 Å². The van der Waals surface area contributed by atoms with Crippen molar-refractivity contribution in [1.82, 2.24) is 0 Å². The average molecular weight is 248 g/mol. The van der Waals surface area contributed by atoms with Crippen LogP contribution in [0.25, 0.3) is 0 Å². The molecule has 0 fully saturated rings. The number of hydrogen-bond donors (Lipinski definition) is 0. The molecule has 0 unspecified atom stereocenters. The van der Waals surface area contributed by atoms with Crippen molar-refractivity contribution in [1.29, 1.82) is 0 Å². The van der Waals surface area contributed by atoms with E-state index < -0.39 is 0 Å². The lowest BCUT2D eigenvalue weighted by Gasteiger charge is -2.04. The standard InChI is InChI=1S/C10H12BrCl/c11-7-3-6-9-4-1-2-5-10(9)8-12/h1-2,4-5H,3,6-8H2. The highest BCUT2D eigenvalue weighted by molar-refractivity contribution is 9.09. The van der Waals surface area contributed by atoms with E-state index in [9.17, 15) is 0 Å². The van der Waals surface area contributed by atoms with Crippen molar-refractivity contribution in [2.45, 2.75) is 18.7 Å². The molecule has 0 heterocycles. The van der Waals surface area contributed by atoms with Gasteiger partial charge in [0.15, 0.2) is 0 Å². The van der Waals surface area contributed by atoms with Crippen LogP contribution in [-0.4, -0.2) is 5.33 Å². The van der Waals surface area contributed by atoms with Crippen molar-refractivity contribution in [3.63, 3.8) is 0 Å². The third-order valence-electron chi connectivity index (χ3n) is 1.84. The summed E-state index contributed by atoms with van der Waals surface area (Å²) in [6.45, 7) is 0. The van der Waals surface area contributed by atoms with Gasteiger partial charge in [0, 0.05) is 11.2 Å². The molecule has 1 aromatic rings. The van der Waals surface area contributed by atoms with E-state index >= 15 is 0 Å². The SMILES string of the molecule is ClCc1ccccc1CCCBr. The summed E-state index contributed by atoms with van der Waals surface area (Å²) in [5.74, 6) is 0.623. The first kappa shape index (κ1) is 10.1. The molecule has 0 saturated carbocycles. The van der Waals surface area contributed by atoms with Crippen molar-refractivity contribution < 1.29 is 0 Å². The van der Waals surface area contributed by atoms with Crippen LogP contribution in [0.15, 0.2) is 24.3 Å². The minimum atomic E-state index is 0.623. The molecule has 0 amide bonds. The minimum Gasteiger partial charge on any atom is -0.122 e. The molecule has 0 nitrogen and oxygen atoms in total. The molecule has 1 rings (SSSR count). The highest BCUT2D eigenvalue weighted by atomic mass is 79.9. The summed E-state index contributed by atoms with van der Waals surface area (Å²) in [6.07, 6.45) is 2.29. The highest BCUT2D eigenvalue weighted by Crippen LogP contribution is 2.13. The van der Waals surface area contributed by atoms with E-state index in [4.69, 9.17) is 11.6 Å². The summed E-state index contributed by atoms with van der Waals surface area (Å²) >= 11 is 9.22. The van der Waals surface area contributed by atoms with E-state index in [-0.39, 0.29) is 0 Å². The van der Waals surface area contributed by atoms with E-state index in [1.807, 2.05) is 6.07 Å². The van der Waals surface area contributed by atoms with Crippen LogP contribution in [0.3, 0.4) is 0 Å². The monoisotopic (exact) mass is 246 g/mol. The fraction of sp³-hybridized carbons (Fsp3) is 0.400. The van der Waals surface area contributed by atoms with Crippen LogP contribution < -0.4 is 0 Å². The fourth-order valence-electron chi connectivity index (χ4n) is 1.19. The van der Waals surface area contributed by atoms with Crippen LogP contribution in [0.1, 0.15) is 17.5 Å². The number of halogens is 2. The summed E-state index contributed by atoms with van der Waals surface area (Å²) in [5, 5.41) is 1.06. The maximum atomic E-state index is 5.80. The zero-order chi connectivity index (χ0) is 8.81. The summed E-state index contributed by atoms with van der Waals surface area (Å²) in [4.78, 5) is 0. The topological polar surface area (TPSA) is 0 Å². The van der Waals surface area contributed by atoms with E-state index in [1.165, 1.54) is 17.5 Å². The lowest BCUT2D eigenvalue weighted by molar-refractivity contribution is 0.927. The van der Waals surface area contributed by atoms with Gasteiger partial charge in [0.25, 0.3) is 0 Å². The third kappa shape index (κ3) is 2.80. The molecule has 0 aliphatic rings. The lowest BCUT2D eigenvalue weighted by atomic mass is 10.0. The van der Waals surface area contributed by atoms with Crippen LogP contribution >= 0.6 is 27.5 Å². The molecule has 0 aliphatic carbocycles. The molecular formula is C10H12BrCl. The normalized spacial score (nSPS) is 10.2. The Labute approximate surface area is 87.1 Å². The average Bonchev–Trinajstić information content (AvgIpc) is 2.15. The van der Waals surface area contributed by atoms with Crippen molar-refractivity contribution in [2.24, 2.45) is 0 Å². The van der Waals surface area contributed by atoms with Crippen LogP contribution in [-0.2, 0) is 12.3 Å². The van der Waals surface area contributed by atoms with Gasteiger partial charge in [-0.3, -0.25) is 0 Å². The summed E-state index contributed by atoms with van der Waals surface area (Å²) in [6, 6.07) is 8.35. The second-order valence-corrected chi connectivity index (χ2v) is 3.76. The number of alkyl halides is 2. The molecule has 0 aromatic heterocycles. The Kier molecular flexibility index (Phi) is 4.70. The van der Waals surface area contributed by atoms with Gasteiger partial charge in [0.1, 0.15) is 0 Å². The summed E-state index contributed by atoms with van der Waals surface area (Å²) < 4.78 is 0. The van der Waals surface area contributed by atoms with Crippen LogP contribution in [0.5, 0.6) is 0 Å². The Hall–Kier alpha value is -0.0100. The molecule has 66 valence electrons. The summed E-state index contributed by atoms with van der Waals surface area (Å²) in [5.41, 5.74) is 2.65. The molecule has 0 aliphatic heterocycles. The van der Waals surface area contributed by atoms with E-state index in [2.05, 4.69) is 34.1 Å². The first-order valence-electron chi connectivity index (χ1n) is 4.07. The molecule has 0 spiro atoms. The molecule has 0 N–H and O–H groups in total. The lowest BCUT2D eigenvalue weighted by Crippen LogP contribution is -1.91. The van der Waals surface area contributed by atoms with E-state index in [1.54, 1.807) is 0 Å². The Morgan fingerprint density at radius 3 is 2.42 bits per heavy atom. The molecule has 2 heteroatoms. The second-order valence-electron chi connectivity index (χ2n) is 2.69. The molecule has 0 atom stereocenters. The maximum Gasteiger partial charge on any atom is 0.0476 e. The largest absolute Gasteiger partial charge is 0.122 e. The Balaban J connectivity index is 2.68. The van der Waals surface area contributed by atoms with E-state index in [0.29, 0.717) is 5.88 Å². The van der Waals surface area contributed by atoms with Gasteiger partial charge < -0.3 is 0 Å². The highest BCUT2D eigenvalue weighted by Gasteiger charge is 1.98. The minimum absolute atomic E-state index is 0.623. The van der Waals surface area contributed by atoms with Crippen LogP contribution in [0.4, 0.5) is 0 Å². The van der Waals surface area contributed by atoms with Gasteiger partial charge in [0.05, 0.1) is 0 Å². The van der Waals surface area contributed by atoms with Gasteiger partial charge in [-0.15, -0.1) is 11.6 Å². The fourth-order valence-corrected chi connectivity index (χ4v) is 1.73.